The Balaban J connectivity index is 1.77. The summed E-state index contributed by atoms with van der Waals surface area (Å²) in [5.74, 6) is 0. The average molecular weight is 232 g/mol. The molecule has 3 aliphatic rings. The van der Waals surface area contributed by atoms with Gasteiger partial charge in [0.1, 0.15) is 0 Å². The molecule has 0 aromatic heterocycles. The molecule has 0 spiro atoms. The van der Waals surface area contributed by atoms with E-state index in [1.807, 2.05) is 0 Å². The number of nitrogens with zero attached hydrogens (tertiary/aromatic N) is 2. The van der Waals surface area contributed by atoms with Crippen LogP contribution in [0.3, 0.4) is 0 Å². The quantitative estimate of drug-likeness (QED) is 0.825. The van der Waals surface area contributed by atoms with E-state index in [0.717, 1.165) is 38.3 Å². The van der Waals surface area contributed by atoms with Crippen molar-refractivity contribution in [3.63, 3.8) is 0 Å². The number of aliphatic hydroxyl groups is 1. The van der Waals surface area contributed by atoms with Gasteiger partial charge in [0.25, 0.3) is 0 Å². The number of aliphatic hydroxyl groups excluding tert-OH is 1. The van der Waals surface area contributed by atoms with Crippen LogP contribution in [-0.2, 0) is 0 Å². The standard InChI is InChI=1S/C14H20N2O/c1-11-2-4-12(5-3-11)14(17)13-10-15-6-8-16(13)9-7-15/h2-5,13-14,17H,6-10H2,1H3. The van der Waals surface area contributed by atoms with Crippen LogP contribution >= 0.6 is 0 Å². The molecule has 3 aliphatic heterocycles. The van der Waals surface area contributed by atoms with Gasteiger partial charge in [0.05, 0.1) is 12.1 Å². The lowest BCUT2D eigenvalue weighted by atomic mass is 9.96. The topological polar surface area (TPSA) is 26.7 Å². The summed E-state index contributed by atoms with van der Waals surface area (Å²) in [7, 11) is 0. The van der Waals surface area contributed by atoms with E-state index in [2.05, 4.69) is 41.0 Å². The van der Waals surface area contributed by atoms with Crippen LogP contribution in [0.15, 0.2) is 24.3 Å². The van der Waals surface area contributed by atoms with E-state index in [1.54, 1.807) is 0 Å². The van der Waals surface area contributed by atoms with E-state index in [0.29, 0.717) is 0 Å². The zero-order valence-corrected chi connectivity index (χ0v) is 10.3. The second-order valence-electron chi connectivity index (χ2n) is 5.26. The van der Waals surface area contributed by atoms with Gasteiger partial charge < -0.3 is 5.11 Å². The van der Waals surface area contributed by atoms with Gasteiger partial charge in [-0.15, -0.1) is 0 Å². The molecule has 2 unspecified atom stereocenters. The molecule has 3 heteroatoms. The molecule has 4 rings (SSSR count). The molecule has 1 N–H and O–H groups in total. The second-order valence-corrected chi connectivity index (χ2v) is 5.26. The molecule has 2 atom stereocenters. The van der Waals surface area contributed by atoms with Gasteiger partial charge in [-0.1, -0.05) is 29.8 Å². The van der Waals surface area contributed by atoms with E-state index in [-0.39, 0.29) is 12.1 Å². The fraction of sp³-hybridized carbons (Fsp3) is 0.571. The van der Waals surface area contributed by atoms with Gasteiger partial charge in [-0.2, -0.15) is 0 Å². The Bertz CT molecular complexity index is 382. The van der Waals surface area contributed by atoms with Crippen LogP contribution in [0, 0.1) is 6.92 Å². The minimum Gasteiger partial charge on any atom is -0.387 e. The highest BCUT2D eigenvalue weighted by atomic mass is 16.3. The van der Waals surface area contributed by atoms with E-state index in [1.165, 1.54) is 5.56 Å². The third-order valence-corrected chi connectivity index (χ3v) is 4.10. The summed E-state index contributed by atoms with van der Waals surface area (Å²) in [5.41, 5.74) is 2.30. The summed E-state index contributed by atoms with van der Waals surface area (Å²) in [5, 5.41) is 10.5. The van der Waals surface area contributed by atoms with Gasteiger partial charge in [0.15, 0.2) is 0 Å². The van der Waals surface area contributed by atoms with E-state index in [9.17, 15) is 5.11 Å². The third-order valence-electron chi connectivity index (χ3n) is 4.10. The normalized spacial score (nSPS) is 33.6. The van der Waals surface area contributed by atoms with Crippen LogP contribution < -0.4 is 0 Å². The largest absolute Gasteiger partial charge is 0.387 e. The summed E-state index contributed by atoms with van der Waals surface area (Å²) >= 11 is 0. The summed E-state index contributed by atoms with van der Waals surface area (Å²) in [6.45, 7) is 7.62. The van der Waals surface area contributed by atoms with Gasteiger partial charge in [-0.05, 0) is 12.5 Å². The first-order valence-corrected chi connectivity index (χ1v) is 6.45. The number of hydrogen-bond acceptors (Lipinski definition) is 3. The molecule has 92 valence electrons. The predicted octanol–water partition coefficient (Wildman–Crippen LogP) is 1.03. The second kappa shape index (κ2) is 4.41. The third kappa shape index (κ3) is 2.10. The monoisotopic (exact) mass is 232 g/mol. The van der Waals surface area contributed by atoms with Crippen molar-refractivity contribution in [2.75, 3.05) is 32.7 Å². The number of benzene rings is 1. The lowest BCUT2D eigenvalue weighted by molar-refractivity contribution is -0.0470. The number of piperazine rings is 3. The Kier molecular flexibility index (Phi) is 2.90. The minimum atomic E-state index is -0.348. The zero-order valence-electron chi connectivity index (χ0n) is 10.3. The van der Waals surface area contributed by atoms with Gasteiger partial charge in [0.2, 0.25) is 0 Å². The summed E-state index contributed by atoms with van der Waals surface area (Å²) in [4.78, 5) is 4.90. The SMILES string of the molecule is Cc1ccc(C(O)C2CN3CCN2CC3)cc1. The maximum absolute atomic E-state index is 10.5. The van der Waals surface area contributed by atoms with Crippen molar-refractivity contribution in [3.8, 4) is 0 Å². The van der Waals surface area contributed by atoms with Gasteiger partial charge in [-0.3, -0.25) is 9.80 Å². The van der Waals surface area contributed by atoms with E-state index in [4.69, 9.17) is 0 Å². The smallest absolute Gasteiger partial charge is 0.0957 e. The molecule has 0 saturated carbocycles. The number of aryl methyl sites for hydroxylation is 1. The Hall–Kier alpha value is -0.900. The Labute approximate surface area is 103 Å². The van der Waals surface area contributed by atoms with Crippen molar-refractivity contribution in [1.29, 1.82) is 0 Å². The summed E-state index contributed by atoms with van der Waals surface area (Å²) in [6, 6.07) is 8.54. The van der Waals surface area contributed by atoms with Crippen molar-refractivity contribution in [3.05, 3.63) is 35.4 Å². The van der Waals surface area contributed by atoms with Gasteiger partial charge in [-0.25, -0.2) is 0 Å². The summed E-state index contributed by atoms with van der Waals surface area (Å²) in [6.07, 6.45) is -0.348. The van der Waals surface area contributed by atoms with E-state index >= 15 is 0 Å². The van der Waals surface area contributed by atoms with Crippen LogP contribution in [0.4, 0.5) is 0 Å². The molecule has 17 heavy (non-hydrogen) atoms. The molecule has 1 aromatic rings. The Morgan fingerprint density at radius 2 is 1.76 bits per heavy atom. The molecule has 0 radical (unpaired) electrons. The number of fused-ring (bicyclic) bond motifs is 3. The van der Waals surface area contributed by atoms with Crippen molar-refractivity contribution >= 4 is 0 Å². The predicted molar refractivity (Wildman–Crippen MR) is 67.9 cm³/mol. The maximum Gasteiger partial charge on any atom is 0.0957 e. The first-order chi connectivity index (χ1) is 8.24. The minimum absolute atomic E-state index is 0.278. The van der Waals surface area contributed by atoms with Crippen LogP contribution in [0.2, 0.25) is 0 Å². The fourth-order valence-electron chi connectivity index (χ4n) is 2.94. The van der Waals surface area contributed by atoms with Crippen molar-refractivity contribution in [2.45, 2.75) is 19.1 Å². The summed E-state index contributed by atoms with van der Waals surface area (Å²) < 4.78 is 0. The average Bonchev–Trinajstić information content (AvgIpc) is 2.40. The van der Waals surface area contributed by atoms with Gasteiger partial charge >= 0.3 is 0 Å². The lowest BCUT2D eigenvalue weighted by Crippen LogP contribution is -2.62. The maximum atomic E-state index is 10.5. The van der Waals surface area contributed by atoms with E-state index < -0.39 is 0 Å². The van der Waals surface area contributed by atoms with Crippen LogP contribution in [0.25, 0.3) is 0 Å². The van der Waals surface area contributed by atoms with Gasteiger partial charge in [0, 0.05) is 32.7 Å². The molecule has 0 amide bonds. The molecule has 0 aliphatic carbocycles. The molecule has 3 saturated heterocycles. The molecule has 2 bridgehead atoms. The molecular formula is C14H20N2O. The van der Waals surface area contributed by atoms with Crippen molar-refractivity contribution in [2.24, 2.45) is 0 Å². The molecule has 3 fully saturated rings. The van der Waals surface area contributed by atoms with Crippen LogP contribution in [0.1, 0.15) is 17.2 Å². The Morgan fingerprint density at radius 3 is 2.29 bits per heavy atom. The molecule has 1 aromatic carbocycles. The first kappa shape index (κ1) is 11.2. The Morgan fingerprint density at radius 1 is 1.12 bits per heavy atom. The lowest BCUT2D eigenvalue weighted by Gasteiger charge is -2.49. The highest BCUT2D eigenvalue weighted by Crippen LogP contribution is 2.27. The number of hydrogen-bond donors (Lipinski definition) is 1. The number of rotatable bonds is 2. The highest BCUT2D eigenvalue weighted by Gasteiger charge is 2.36. The molecular weight excluding hydrogens is 212 g/mol. The highest BCUT2D eigenvalue weighted by molar-refractivity contribution is 5.24. The molecule has 3 heterocycles. The molecule has 3 nitrogen and oxygen atoms in total. The van der Waals surface area contributed by atoms with Crippen molar-refractivity contribution < 1.29 is 5.11 Å². The first-order valence-electron chi connectivity index (χ1n) is 6.45. The van der Waals surface area contributed by atoms with Crippen molar-refractivity contribution in [1.82, 2.24) is 9.80 Å². The van der Waals surface area contributed by atoms with Crippen LogP contribution in [0.5, 0.6) is 0 Å². The fourth-order valence-corrected chi connectivity index (χ4v) is 2.94. The zero-order chi connectivity index (χ0) is 11.8. The van der Waals surface area contributed by atoms with Crippen LogP contribution in [-0.4, -0.2) is 53.7 Å².